The zero-order valence-corrected chi connectivity index (χ0v) is 21.1. The second kappa shape index (κ2) is 10.4. The molecule has 1 saturated carbocycles. The number of nitrogens with one attached hydrogen (secondary N) is 2. The third-order valence-electron chi connectivity index (χ3n) is 5.53. The molecule has 0 radical (unpaired) electrons. The summed E-state index contributed by atoms with van der Waals surface area (Å²) in [6, 6.07) is 4.31. The number of aryl methyl sites for hydroxylation is 1. The molecule has 2 amide bonds. The van der Waals surface area contributed by atoms with Crippen molar-refractivity contribution >= 4 is 23.2 Å². The lowest BCUT2D eigenvalue weighted by molar-refractivity contribution is -0.140. The molecule has 2 N–H and O–H groups in total. The van der Waals surface area contributed by atoms with Gasteiger partial charge in [-0.15, -0.1) is 21.5 Å². The number of rotatable bonds is 8. The first-order valence-electron chi connectivity index (χ1n) is 11.7. The Balaban J connectivity index is 1.61. The van der Waals surface area contributed by atoms with Gasteiger partial charge in [0, 0.05) is 42.2 Å². The van der Waals surface area contributed by atoms with Crippen LogP contribution in [0.3, 0.4) is 0 Å². The summed E-state index contributed by atoms with van der Waals surface area (Å²) < 4.78 is 51.5. The summed E-state index contributed by atoms with van der Waals surface area (Å²) >= 11 is 0.832. The number of nitrogens with zero attached hydrogens (tertiary/aromatic N) is 5. The van der Waals surface area contributed by atoms with Gasteiger partial charge in [0.1, 0.15) is 16.5 Å². The van der Waals surface area contributed by atoms with E-state index in [1.807, 2.05) is 0 Å². The quantitative estimate of drug-likeness (QED) is 0.294. The molecule has 4 aromatic rings. The Hall–Kier alpha value is -4.07. The maximum absolute atomic E-state index is 13.3. The van der Waals surface area contributed by atoms with Crippen LogP contribution in [-0.4, -0.2) is 44.3 Å². The van der Waals surface area contributed by atoms with Crippen LogP contribution in [0.1, 0.15) is 31.4 Å². The molecule has 198 valence electrons. The number of halogens is 3. The number of pyridine rings is 2. The molecular weight excluding hydrogens is 523 g/mol. The van der Waals surface area contributed by atoms with Crippen LogP contribution in [0.5, 0.6) is 5.88 Å². The van der Waals surface area contributed by atoms with Crippen LogP contribution in [0.25, 0.3) is 33.3 Å². The molecule has 0 saturated heterocycles. The summed E-state index contributed by atoms with van der Waals surface area (Å²) in [5.74, 6) is 1.41. The van der Waals surface area contributed by atoms with Crippen molar-refractivity contribution in [2.45, 2.75) is 32.9 Å². The molecule has 1 aliphatic carbocycles. The van der Waals surface area contributed by atoms with E-state index in [1.54, 1.807) is 26.0 Å². The predicted molar refractivity (Wildman–Crippen MR) is 133 cm³/mol. The molecule has 38 heavy (non-hydrogen) atoms. The average Bonchev–Trinajstić information content (AvgIpc) is 3.37. The molecular formula is C24H22F3N7O3S. The maximum Gasteiger partial charge on any atom is 0.434 e. The molecule has 0 atom stereocenters. The van der Waals surface area contributed by atoms with Gasteiger partial charge < -0.3 is 14.5 Å². The standard InChI is InChI=1S/C24H22F3N7O3S/c1-3-28-23(35)32-19-8-15(22-31-18(11-38-22)24(25,26)27)16(9-29-19)14-6-17(21-34-33-12(2)37-21)30-20(7-14)36-10-13-4-5-13/h6-9,11,13H,3-5,10H2,1-2H3,(H2,28,29,32,35). The van der Waals surface area contributed by atoms with Gasteiger partial charge in [0.15, 0.2) is 5.69 Å². The Morgan fingerprint density at radius 3 is 2.66 bits per heavy atom. The number of ether oxygens (including phenoxy) is 1. The molecule has 10 nitrogen and oxygen atoms in total. The molecule has 4 heterocycles. The van der Waals surface area contributed by atoms with E-state index in [4.69, 9.17) is 9.15 Å². The van der Waals surface area contributed by atoms with Crippen LogP contribution in [-0.2, 0) is 6.18 Å². The molecule has 4 aromatic heterocycles. The highest BCUT2D eigenvalue weighted by Gasteiger charge is 2.34. The van der Waals surface area contributed by atoms with Crippen molar-refractivity contribution in [2.75, 3.05) is 18.5 Å². The number of urea groups is 1. The minimum atomic E-state index is -4.60. The van der Waals surface area contributed by atoms with Gasteiger partial charge in [-0.3, -0.25) is 5.32 Å². The van der Waals surface area contributed by atoms with Gasteiger partial charge in [0.25, 0.3) is 5.89 Å². The SMILES string of the molecule is CCNC(=O)Nc1cc(-c2nc(C(F)(F)F)cs2)c(-c2cc(OCC3CC3)nc(-c3nnc(C)o3)c2)cn1. The first-order valence-corrected chi connectivity index (χ1v) is 12.6. The van der Waals surface area contributed by atoms with Crippen LogP contribution in [0.2, 0.25) is 0 Å². The van der Waals surface area contributed by atoms with E-state index in [0.29, 0.717) is 53.2 Å². The summed E-state index contributed by atoms with van der Waals surface area (Å²) in [5.41, 5.74) is 0.639. The summed E-state index contributed by atoms with van der Waals surface area (Å²) in [4.78, 5) is 24.7. The van der Waals surface area contributed by atoms with E-state index in [-0.39, 0.29) is 16.7 Å². The van der Waals surface area contributed by atoms with Crippen LogP contribution in [0, 0.1) is 12.8 Å². The van der Waals surface area contributed by atoms with Crippen LogP contribution in [0.4, 0.5) is 23.8 Å². The minimum Gasteiger partial charge on any atom is -0.477 e. The summed E-state index contributed by atoms with van der Waals surface area (Å²) in [5, 5.41) is 14.1. The van der Waals surface area contributed by atoms with Crippen molar-refractivity contribution in [3.63, 3.8) is 0 Å². The first-order chi connectivity index (χ1) is 18.2. The smallest absolute Gasteiger partial charge is 0.434 e. The molecule has 0 aliphatic heterocycles. The number of hydrogen-bond acceptors (Lipinski definition) is 9. The average molecular weight is 546 g/mol. The second-order valence-corrected chi connectivity index (χ2v) is 9.45. The topological polar surface area (TPSA) is 128 Å². The van der Waals surface area contributed by atoms with E-state index in [0.717, 1.165) is 29.6 Å². The summed E-state index contributed by atoms with van der Waals surface area (Å²) in [6.07, 6.45) is -0.994. The van der Waals surface area contributed by atoms with Gasteiger partial charge in [-0.05, 0) is 43.4 Å². The number of anilines is 1. The number of alkyl halides is 3. The van der Waals surface area contributed by atoms with Crippen molar-refractivity contribution in [3.8, 4) is 39.2 Å². The summed E-state index contributed by atoms with van der Waals surface area (Å²) in [7, 11) is 0. The van der Waals surface area contributed by atoms with Crippen LogP contribution >= 0.6 is 11.3 Å². The third kappa shape index (κ3) is 5.90. The van der Waals surface area contributed by atoms with Gasteiger partial charge in [-0.2, -0.15) is 13.2 Å². The number of carbonyl (C=O) groups excluding carboxylic acids is 1. The van der Waals surface area contributed by atoms with Gasteiger partial charge in [0.05, 0.1) is 6.61 Å². The van der Waals surface area contributed by atoms with Crippen LogP contribution in [0.15, 0.2) is 34.2 Å². The monoisotopic (exact) mass is 545 g/mol. The van der Waals surface area contributed by atoms with Crippen molar-refractivity contribution < 1.29 is 27.1 Å². The molecule has 1 aliphatic rings. The molecule has 0 aromatic carbocycles. The fraction of sp³-hybridized carbons (Fsp3) is 0.333. The first kappa shape index (κ1) is 25.6. The zero-order chi connectivity index (χ0) is 26.9. The number of hydrogen-bond donors (Lipinski definition) is 2. The Morgan fingerprint density at radius 1 is 1.18 bits per heavy atom. The van der Waals surface area contributed by atoms with E-state index in [9.17, 15) is 18.0 Å². The normalized spacial score (nSPS) is 13.4. The molecule has 0 spiro atoms. The van der Waals surface area contributed by atoms with E-state index in [1.165, 1.54) is 12.3 Å². The van der Waals surface area contributed by atoms with Crippen LogP contribution < -0.4 is 15.4 Å². The van der Waals surface area contributed by atoms with Crippen molar-refractivity contribution in [3.05, 3.63) is 41.4 Å². The molecule has 0 unspecified atom stereocenters. The number of amides is 2. The molecule has 0 bridgehead atoms. The Kier molecular flexibility index (Phi) is 6.97. The van der Waals surface area contributed by atoms with Gasteiger partial charge in [-0.25, -0.2) is 19.7 Å². The van der Waals surface area contributed by atoms with E-state index in [2.05, 4.69) is 35.8 Å². The zero-order valence-electron chi connectivity index (χ0n) is 20.3. The molecule has 1 fully saturated rings. The predicted octanol–water partition coefficient (Wildman–Crippen LogP) is 5.57. The molecule has 14 heteroatoms. The lowest BCUT2D eigenvalue weighted by Gasteiger charge is -2.13. The van der Waals surface area contributed by atoms with Gasteiger partial charge in [-0.1, -0.05) is 0 Å². The Bertz CT molecular complexity index is 1470. The lowest BCUT2D eigenvalue weighted by atomic mass is 10.0. The van der Waals surface area contributed by atoms with Gasteiger partial charge >= 0.3 is 12.2 Å². The lowest BCUT2D eigenvalue weighted by Crippen LogP contribution is -2.28. The Labute approximate surface area is 218 Å². The van der Waals surface area contributed by atoms with Crippen molar-refractivity contribution in [2.24, 2.45) is 5.92 Å². The van der Waals surface area contributed by atoms with Crippen molar-refractivity contribution in [1.82, 2.24) is 30.5 Å². The third-order valence-corrected chi connectivity index (χ3v) is 6.41. The number of aromatic nitrogens is 5. The Morgan fingerprint density at radius 2 is 2.00 bits per heavy atom. The highest BCUT2D eigenvalue weighted by atomic mass is 32.1. The minimum absolute atomic E-state index is 0.0983. The van der Waals surface area contributed by atoms with E-state index >= 15 is 0 Å². The maximum atomic E-state index is 13.3. The fourth-order valence-electron chi connectivity index (χ4n) is 3.51. The molecule has 5 rings (SSSR count). The highest BCUT2D eigenvalue weighted by Crippen LogP contribution is 2.40. The summed E-state index contributed by atoms with van der Waals surface area (Å²) in [6.45, 7) is 4.27. The largest absolute Gasteiger partial charge is 0.477 e. The number of carbonyl (C=O) groups is 1. The van der Waals surface area contributed by atoms with E-state index < -0.39 is 17.9 Å². The highest BCUT2D eigenvalue weighted by molar-refractivity contribution is 7.13. The van der Waals surface area contributed by atoms with Gasteiger partial charge in [0.2, 0.25) is 11.8 Å². The van der Waals surface area contributed by atoms with Crippen molar-refractivity contribution in [1.29, 1.82) is 0 Å². The second-order valence-electron chi connectivity index (χ2n) is 8.60. The fourth-order valence-corrected chi connectivity index (χ4v) is 4.37. The number of thiazole rings is 1.